The van der Waals surface area contributed by atoms with Crippen molar-refractivity contribution < 1.29 is 4.92 Å². The van der Waals surface area contributed by atoms with Gasteiger partial charge in [-0.15, -0.1) is 0 Å². The van der Waals surface area contributed by atoms with Crippen molar-refractivity contribution in [3.05, 3.63) is 86.2 Å². The quantitative estimate of drug-likeness (QED) is 0.283. The van der Waals surface area contributed by atoms with E-state index in [1.54, 1.807) is 21.5 Å². The van der Waals surface area contributed by atoms with Gasteiger partial charge in [0, 0.05) is 12.1 Å². The first-order valence-corrected chi connectivity index (χ1v) is 9.81. The summed E-state index contributed by atoms with van der Waals surface area (Å²) in [7, 11) is 0. The average Bonchev–Trinajstić information content (AvgIpc) is 3.38. The maximum Gasteiger partial charge on any atom is 0.269 e. The molecule has 0 amide bonds. The van der Waals surface area contributed by atoms with E-state index >= 15 is 0 Å². The highest BCUT2D eigenvalue weighted by Gasteiger charge is 2.29. The SMILES string of the molecule is Cc1nn(-c2ccccc2)c2c(C#N)c3n(c(=S)c12)NC(c1ccc([N+](=O)[O-])cc1)N3. The van der Waals surface area contributed by atoms with Crippen molar-refractivity contribution in [2.45, 2.75) is 13.1 Å². The number of para-hydroxylation sites is 1. The third kappa shape index (κ3) is 2.83. The number of hydrogen-bond acceptors (Lipinski definition) is 7. The molecule has 1 aliphatic heterocycles. The zero-order valence-electron chi connectivity index (χ0n) is 16.2. The van der Waals surface area contributed by atoms with Gasteiger partial charge in [0.1, 0.15) is 28.3 Å². The fraction of sp³-hybridized carbons (Fsp3) is 0.0952. The molecule has 0 bridgehead atoms. The predicted octanol–water partition coefficient (Wildman–Crippen LogP) is 4.31. The topological polar surface area (TPSA) is 114 Å². The number of rotatable bonds is 3. The van der Waals surface area contributed by atoms with Gasteiger partial charge in [-0.25, -0.2) is 9.36 Å². The maximum absolute atomic E-state index is 10.9. The number of nitrogens with one attached hydrogen (secondary N) is 2. The lowest BCUT2D eigenvalue weighted by Crippen LogP contribution is -2.16. The van der Waals surface area contributed by atoms with Crippen LogP contribution in [0.25, 0.3) is 16.6 Å². The molecule has 0 fully saturated rings. The molecule has 2 N–H and O–H groups in total. The van der Waals surface area contributed by atoms with Gasteiger partial charge in [-0.3, -0.25) is 15.5 Å². The normalized spacial score (nSPS) is 14.5. The molecule has 2 aromatic heterocycles. The van der Waals surface area contributed by atoms with Gasteiger partial charge in [0.15, 0.2) is 0 Å². The largest absolute Gasteiger partial charge is 0.344 e. The summed E-state index contributed by atoms with van der Waals surface area (Å²) >= 11 is 5.74. The Kier molecular flexibility index (Phi) is 4.20. The smallest absolute Gasteiger partial charge is 0.269 e. The Balaban J connectivity index is 1.68. The molecule has 4 aromatic rings. The lowest BCUT2D eigenvalue weighted by Gasteiger charge is -2.11. The minimum absolute atomic E-state index is 0.0119. The fourth-order valence-corrected chi connectivity index (χ4v) is 4.21. The zero-order valence-corrected chi connectivity index (χ0v) is 17.1. The summed E-state index contributed by atoms with van der Waals surface area (Å²) in [6.07, 6.45) is -0.403. The van der Waals surface area contributed by atoms with Crippen LogP contribution < -0.4 is 10.7 Å². The van der Waals surface area contributed by atoms with Crippen LogP contribution in [0.4, 0.5) is 11.5 Å². The molecular formula is C21H15N7O2S. The van der Waals surface area contributed by atoms with Crippen molar-refractivity contribution in [2.24, 2.45) is 0 Å². The molecule has 5 rings (SSSR count). The van der Waals surface area contributed by atoms with Crippen LogP contribution in [0.5, 0.6) is 0 Å². The Bertz CT molecular complexity index is 1450. The summed E-state index contributed by atoms with van der Waals surface area (Å²) in [4.78, 5) is 10.5. The molecule has 0 saturated heterocycles. The number of anilines is 1. The maximum atomic E-state index is 10.9. The molecule has 152 valence electrons. The highest BCUT2D eigenvalue weighted by atomic mass is 32.1. The average molecular weight is 429 g/mol. The zero-order chi connectivity index (χ0) is 21.7. The van der Waals surface area contributed by atoms with E-state index in [1.165, 1.54) is 12.1 Å². The van der Waals surface area contributed by atoms with Crippen molar-refractivity contribution in [3.63, 3.8) is 0 Å². The van der Waals surface area contributed by atoms with E-state index in [2.05, 4.69) is 21.9 Å². The third-order valence-electron chi connectivity index (χ3n) is 5.26. The molecule has 0 saturated carbocycles. The summed E-state index contributed by atoms with van der Waals surface area (Å²) in [6, 6.07) is 18.1. The molecular weight excluding hydrogens is 414 g/mol. The molecule has 3 heterocycles. The van der Waals surface area contributed by atoms with Crippen LogP contribution in [-0.2, 0) is 0 Å². The van der Waals surface area contributed by atoms with Crippen LogP contribution in [0.3, 0.4) is 0 Å². The number of aryl methyl sites for hydroxylation is 1. The standard InChI is InChI=1S/C21H15N7O2S/c1-12-17-18(26(24-12)14-5-3-2-4-6-14)16(11-22)20-23-19(25-27(20)21(17)31)13-7-9-15(10-8-13)28(29)30/h2-10,19,23,25H,1H3. The van der Waals surface area contributed by atoms with Gasteiger partial charge in [-0.1, -0.05) is 30.4 Å². The van der Waals surface area contributed by atoms with Crippen molar-refractivity contribution in [3.8, 4) is 11.8 Å². The molecule has 1 aliphatic rings. The van der Waals surface area contributed by atoms with Gasteiger partial charge < -0.3 is 5.32 Å². The van der Waals surface area contributed by atoms with E-state index in [4.69, 9.17) is 12.2 Å². The second-order valence-electron chi connectivity index (χ2n) is 7.09. The molecule has 10 heteroatoms. The van der Waals surface area contributed by atoms with Gasteiger partial charge in [-0.05, 0) is 36.8 Å². The minimum Gasteiger partial charge on any atom is -0.344 e. The molecule has 1 unspecified atom stereocenters. The third-order valence-corrected chi connectivity index (χ3v) is 5.65. The van der Waals surface area contributed by atoms with Gasteiger partial charge >= 0.3 is 0 Å². The van der Waals surface area contributed by atoms with E-state index < -0.39 is 11.1 Å². The van der Waals surface area contributed by atoms with Crippen LogP contribution in [0.15, 0.2) is 54.6 Å². The number of non-ortho nitro benzene ring substituents is 1. The minimum atomic E-state index is -0.442. The second-order valence-corrected chi connectivity index (χ2v) is 7.47. The molecule has 0 spiro atoms. The summed E-state index contributed by atoms with van der Waals surface area (Å²) in [5.74, 6) is 0.528. The second kappa shape index (κ2) is 6.93. The summed E-state index contributed by atoms with van der Waals surface area (Å²) in [5, 5.41) is 29.6. The molecule has 31 heavy (non-hydrogen) atoms. The van der Waals surface area contributed by atoms with Gasteiger partial charge in [-0.2, -0.15) is 10.4 Å². The van der Waals surface area contributed by atoms with Crippen LogP contribution in [0, 0.1) is 33.0 Å². The Labute approximate surface area is 181 Å². The number of nitrogens with zero attached hydrogens (tertiary/aromatic N) is 5. The van der Waals surface area contributed by atoms with Gasteiger partial charge in [0.2, 0.25) is 0 Å². The highest BCUT2D eigenvalue weighted by Crippen LogP contribution is 2.36. The number of pyridine rings is 1. The number of nitriles is 1. The van der Waals surface area contributed by atoms with E-state index in [-0.39, 0.29) is 5.69 Å². The Morgan fingerprint density at radius 1 is 1.19 bits per heavy atom. The number of nitro benzene ring substituents is 1. The lowest BCUT2D eigenvalue weighted by molar-refractivity contribution is -0.384. The number of nitro groups is 1. The van der Waals surface area contributed by atoms with Gasteiger partial charge in [0.25, 0.3) is 5.69 Å². The fourth-order valence-electron chi connectivity index (χ4n) is 3.82. The number of hydrogen-bond donors (Lipinski definition) is 2. The first-order chi connectivity index (χ1) is 15.0. The van der Waals surface area contributed by atoms with Gasteiger partial charge in [0.05, 0.1) is 27.2 Å². The number of fused-ring (bicyclic) bond motifs is 2. The Morgan fingerprint density at radius 3 is 2.55 bits per heavy atom. The van der Waals surface area contributed by atoms with E-state index in [0.29, 0.717) is 21.5 Å². The van der Waals surface area contributed by atoms with Crippen molar-refractivity contribution in [1.29, 1.82) is 5.26 Å². The van der Waals surface area contributed by atoms with Crippen molar-refractivity contribution in [1.82, 2.24) is 14.5 Å². The molecule has 1 atom stereocenters. The monoisotopic (exact) mass is 429 g/mol. The molecule has 2 aromatic carbocycles. The van der Waals surface area contributed by atoms with E-state index in [0.717, 1.165) is 22.3 Å². The molecule has 9 nitrogen and oxygen atoms in total. The Hall–Kier alpha value is -4.23. The molecule has 0 radical (unpaired) electrons. The van der Waals surface area contributed by atoms with E-state index in [1.807, 2.05) is 37.3 Å². The van der Waals surface area contributed by atoms with Crippen molar-refractivity contribution >= 4 is 34.6 Å². The first-order valence-electron chi connectivity index (χ1n) is 9.41. The predicted molar refractivity (Wildman–Crippen MR) is 118 cm³/mol. The summed E-state index contributed by atoms with van der Waals surface area (Å²) in [5.41, 5.74) is 6.64. The van der Waals surface area contributed by atoms with Crippen LogP contribution >= 0.6 is 12.2 Å². The van der Waals surface area contributed by atoms with Crippen molar-refractivity contribution in [2.75, 3.05) is 10.7 Å². The summed E-state index contributed by atoms with van der Waals surface area (Å²) in [6.45, 7) is 1.86. The molecule has 0 aliphatic carbocycles. The number of aromatic nitrogens is 3. The number of benzene rings is 2. The van der Waals surface area contributed by atoms with Crippen LogP contribution in [-0.4, -0.2) is 19.4 Å². The van der Waals surface area contributed by atoms with E-state index in [9.17, 15) is 15.4 Å². The van der Waals surface area contributed by atoms with Crippen LogP contribution in [0.1, 0.15) is 23.0 Å². The Morgan fingerprint density at radius 2 is 1.90 bits per heavy atom. The lowest BCUT2D eigenvalue weighted by atomic mass is 10.1. The highest BCUT2D eigenvalue weighted by molar-refractivity contribution is 7.71. The van der Waals surface area contributed by atoms with Crippen LogP contribution in [0.2, 0.25) is 0 Å². The first kappa shape index (κ1) is 18.8. The summed E-state index contributed by atoms with van der Waals surface area (Å²) < 4.78 is 3.91.